The van der Waals surface area contributed by atoms with E-state index in [9.17, 15) is 18.0 Å². The number of amides is 1. The summed E-state index contributed by atoms with van der Waals surface area (Å²) in [5, 5.41) is 4.60. The highest BCUT2D eigenvalue weighted by molar-refractivity contribution is 7.91. The van der Waals surface area contributed by atoms with Crippen molar-refractivity contribution >= 4 is 38.9 Å². The molecule has 9 heteroatoms. The number of carbonyl (C=O) groups excluding carboxylic acids is 2. The molecule has 1 aromatic heterocycles. The molecule has 1 aliphatic heterocycles. The predicted octanol–water partition coefficient (Wildman–Crippen LogP) is 4.73. The van der Waals surface area contributed by atoms with Gasteiger partial charge in [-0.1, -0.05) is 62.4 Å². The Morgan fingerprint density at radius 2 is 1.75 bits per heavy atom. The van der Waals surface area contributed by atoms with Crippen molar-refractivity contribution in [1.29, 1.82) is 0 Å². The first kappa shape index (κ1) is 26.1. The summed E-state index contributed by atoms with van der Waals surface area (Å²) in [5.74, 6) is -1.05. The number of carbonyl (C=O) groups is 2. The maximum absolute atomic E-state index is 13.4. The van der Waals surface area contributed by atoms with E-state index in [4.69, 9.17) is 4.74 Å². The fraction of sp³-hybridized carbons (Fsp3) is 0.333. The van der Waals surface area contributed by atoms with E-state index in [2.05, 4.69) is 5.32 Å². The number of nitrogens with one attached hydrogen (secondary N) is 1. The number of anilines is 1. The molecule has 0 radical (unpaired) electrons. The zero-order chi connectivity index (χ0) is 25.7. The summed E-state index contributed by atoms with van der Waals surface area (Å²) in [4.78, 5) is 25.5. The second-order valence-corrected chi connectivity index (χ2v) is 11.6. The predicted molar refractivity (Wildman–Crippen MR) is 141 cm³/mol. The van der Waals surface area contributed by atoms with Gasteiger partial charge in [0.15, 0.2) is 6.61 Å². The number of hydrogen-bond acceptors (Lipinski definition) is 6. The van der Waals surface area contributed by atoms with Gasteiger partial charge in [0.1, 0.15) is 4.21 Å². The molecule has 0 aliphatic carbocycles. The molecule has 1 atom stereocenters. The van der Waals surface area contributed by atoms with Crippen molar-refractivity contribution in [3.63, 3.8) is 0 Å². The minimum Gasteiger partial charge on any atom is -0.456 e. The largest absolute Gasteiger partial charge is 0.456 e. The van der Waals surface area contributed by atoms with Crippen LogP contribution >= 0.6 is 11.3 Å². The summed E-state index contributed by atoms with van der Waals surface area (Å²) in [6.45, 7) is 3.86. The number of sulfonamides is 1. The van der Waals surface area contributed by atoms with Gasteiger partial charge in [0.05, 0.1) is 12.5 Å². The van der Waals surface area contributed by atoms with Crippen molar-refractivity contribution in [3.05, 3.63) is 82.2 Å². The van der Waals surface area contributed by atoms with Gasteiger partial charge in [0.25, 0.3) is 15.9 Å². The zero-order valence-corrected chi connectivity index (χ0v) is 22.0. The summed E-state index contributed by atoms with van der Waals surface area (Å²) in [6.07, 6.45) is 1.91. The van der Waals surface area contributed by atoms with Crippen molar-refractivity contribution in [2.45, 2.75) is 49.8 Å². The molecule has 190 valence electrons. The molecule has 3 aromatic rings. The lowest BCUT2D eigenvalue weighted by Crippen LogP contribution is -2.41. The third-order valence-electron chi connectivity index (χ3n) is 6.41. The van der Waals surface area contributed by atoms with Crippen LogP contribution in [-0.2, 0) is 43.6 Å². The van der Waals surface area contributed by atoms with Crippen molar-refractivity contribution < 1.29 is 22.7 Å². The van der Waals surface area contributed by atoms with E-state index in [0.717, 1.165) is 52.1 Å². The average molecular weight is 527 g/mol. The Morgan fingerprint density at radius 3 is 2.42 bits per heavy atom. The summed E-state index contributed by atoms with van der Waals surface area (Å²) in [6, 6.07) is 16.0. The molecule has 0 spiro atoms. The number of benzene rings is 2. The molecule has 0 fully saturated rings. The minimum absolute atomic E-state index is 0.180. The molecule has 7 nitrogen and oxygen atoms in total. The molecule has 2 heterocycles. The summed E-state index contributed by atoms with van der Waals surface area (Å²) in [5.41, 5.74) is 4.59. The van der Waals surface area contributed by atoms with E-state index in [0.29, 0.717) is 6.42 Å². The van der Waals surface area contributed by atoms with Gasteiger partial charge in [-0.2, -0.15) is 4.31 Å². The normalized spacial score (nSPS) is 15.8. The monoisotopic (exact) mass is 526 g/mol. The Hall–Kier alpha value is -3.01. The maximum Gasteiger partial charge on any atom is 0.308 e. The van der Waals surface area contributed by atoms with Gasteiger partial charge in [0, 0.05) is 12.2 Å². The molecular weight excluding hydrogens is 496 g/mol. The van der Waals surface area contributed by atoms with Crippen molar-refractivity contribution in [2.75, 3.05) is 18.5 Å². The molecule has 2 aromatic carbocycles. The Bertz CT molecular complexity index is 1310. The Balaban J connectivity index is 1.48. The van der Waals surface area contributed by atoms with E-state index in [-0.39, 0.29) is 17.2 Å². The van der Waals surface area contributed by atoms with Crippen LogP contribution in [0.25, 0.3) is 0 Å². The number of nitrogens with zero attached hydrogens (tertiary/aromatic N) is 1. The Kier molecular flexibility index (Phi) is 8.23. The third-order valence-corrected chi connectivity index (χ3v) is 9.69. The minimum atomic E-state index is -3.78. The second-order valence-electron chi connectivity index (χ2n) is 8.58. The molecule has 0 saturated heterocycles. The Labute approximate surface area is 216 Å². The van der Waals surface area contributed by atoms with E-state index in [1.165, 1.54) is 4.31 Å². The number of ether oxygens (including phenoxy) is 1. The van der Waals surface area contributed by atoms with Crippen LogP contribution in [0.2, 0.25) is 0 Å². The highest BCUT2D eigenvalue weighted by Crippen LogP contribution is 2.37. The van der Waals surface area contributed by atoms with Gasteiger partial charge in [-0.3, -0.25) is 9.59 Å². The van der Waals surface area contributed by atoms with Crippen LogP contribution in [0.15, 0.2) is 64.2 Å². The molecule has 0 saturated carbocycles. The standard InChI is InChI=1S/C27H30N2O5S2/c1-3-19-10-7-11-20(4-2)27(19)28-24(30)18-34-25(31)17-23-22-12-6-5-9-21(22)14-15-29(23)36(32,33)26-13-8-16-35-26/h5-13,16,23H,3-4,14-15,17-18H2,1-2H3,(H,28,30)/t23-/m0/s1. The number of esters is 1. The van der Waals surface area contributed by atoms with Gasteiger partial charge in [0.2, 0.25) is 0 Å². The first-order valence-corrected chi connectivity index (χ1v) is 14.4. The molecule has 1 aliphatic rings. The number of rotatable bonds is 9. The van der Waals surface area contributed by atoms with Gasteiger partial charge < -0.3 is 10.1 Å². The quantitative estimate of drug-likeness (QED) is 0.407. The average Bonchev–Trinajstić information content (AvgIpc) is 3.44. The highest BCUT2D eigenvalue weighted by atomic mass is 32.2. The van der Waals surface area contributed by atoms with Gasteiger partial charge in [-0.05, 0) is 53.0 Å². The van der Waals surface area contributed by atoms with Crippen molar-refractivity contribution in [3.8, 4) is 0 Å². The molecular formula is C27H30N2O5S2. The van der Waals surface area contributed by atoms with Crippen molar-refractivity contribution in [1.82, 2.24) is 4.31 Å². The smallest absolute Gasteiger partial charge is 0.308 e. The first-order valence-electron chi connectivity index (χ1n) is 12.0. The zero-order valence-electron chi connectivity index (χ0n) is 20.4. The fourth-order valence-electron chi connectivity index (χ4n) is 4.60. The van der Waals surface area contributed by atoms with Gasteiger partial charge in [-0.25, -0.2) is 8.42 Å². The van der Waals surface area contributed by atoms with E-state index in [1.807, 2.05) is 56.3 Å². The molecule has 0 bridgehead atoms. The first-order chi connectivity index (χ1) is 17.3. The van der Waals surface area contributed by atoms with Crippen LogP contribution in [0.5, 0.6) is 0 Å². The van der Waals surface area contributed by atoms with E-state index in [1.54, 1.807) is 17.5 Å². The van der Waals surface area contributed by atoms with E-state index >= 15 is 0 Å². The third kappa shape index (κ3) is 5.53. The highest BCUT2D eigenvalue weighted by Gasteiger charge is 2.38. The van der Waals surface area contributed by atoms with Crippen molar-refractivity contribution in [2.24, 2.45) is 0 Å². The summed E-state index contributed by atoms with van der Waals surface area (Å²) < 4.78 is 33.7. The van der Waals surface area contributed by atoms with Crippen LogP contribution in [0.4, 0.5) is 5.69 Å². The molecule has 1 N–H and O–H groups in total. The van der Waals surface area contributed by atoms with Crippen LogP contribution in [-0.4, -0.2) is 37.8 Å². The number of fused-ring (bicyclic) bond motifs is 1. The number of thiophene rings is 1. The molecule has 4 rings (SSSR count). The van der Waals surface area contributed by atoms with Gasteiger partial charge >= 0.3 is 5.97 Å². The lowest BCUT2D eigenvalue weighted by Gasteiger charge is -2.35. The molecule has 1 amide bonds. The fourth-order valence-corrected chi connectivity index (χ4v) is 7.32. The SMILES string of the molecule is CCc1cccc(CC)c1NC(=O)COC(=O)C[C@H]1c2ccccc2CCN1S(=O)(=O)c1cccs1. The Morgan fingerprint density at radius 1 is 1.03 bits per heavy atom. The lowest BCUT2D eigenvalue weighted by atomic mass is 9.92. The lowest BCUT2D eigenvalue weighted by molar-refractivity contribution is -0.148. The summed E-state index contributed by atoms with van der Waals surface area (Å²) >= 11 is 1.15. The van der Waals surface area contributed by atoms with Crippen LogP contribution < -0.4 is 5.32 Å². The molecule has 0 unspecified atom stereocenters. The van der Waals surface area contributed by atoms with Crippen LogP contribution in [0.1, 0.15) is 48.6 Å². The van der Waals surface area contributed by atoms with E-state index < -0.39 is 34.5 Å². The molecule has 36 heavy (non-hydrogen) atoms. The maximum atomic E-state index is 13.4. The van der Waals surface area contributed by atoms with Crippen LogP contribution in [0, 0.1) is 0 Å². The van der Waals surface area contributed by atoms with Gasteiger partial charge in [-0.15, -0.1) is 11.3 Å². The van der Waals surface area contributed by atoms with Crippen LogP contribution in [0.3, 0.4) is 0 Å². The topological polar surface area (TPSA) is 92.8 Å². The number of aryl methyl sites for hydroxylation is 2. The second kappa shape index (κ2) is 11.4. The number of hydrogen-bond donors (Lipinski definition) is 1. The summed E-state index contributed by atoms with van der Waals surface area (Å²) in [7, 11) is -3.78. The number of para-hydroxylation sites is 1.